The van der Waals surface area contributed by atoms with Crippen LogP contribution in [-0.4, -0.2) is 9.13 Å². The molecule has 4 heteroatoms. The zero-order valence-corrected chi connectivity index (χ0v) is 22.5. The molecule has 0 atom stereocenters. The molecule has 4 nitrogen and oxygen atoms in total. The van der Waals surface area contributed by atoms with E-state index in [-0.39, 0.29) is 0 Å². The average molecular weight is 535 g/mol. The minimum atomic E-state index is 0.597. The Morgan fingerprint density at radius 2 is 0.952 bits per heavy atom. The first-order valence-corrected chi connectivity index (χ1v) is 13.8. The van der Waals surface area contributed by atoms with Gasteiger partial charge in [0.25, 0.3) is 0 Å². The summed E-state index contributed by atoms with van der Waals surface area (Å²) in [6.45, 7) is 0. The highest BCUT2D eigenvalue weighted by Crippen LogP contribution is 2.43. The van der Waals surface area contributed by atoms with Gasteiger partial charge in [-0.2, -0.15) is 10.5 Å². The number of benzene rings is 6. The van der Waals surface area contributed by atoms with Crippen LogP contribution in [0.1, 0.15) is 11.1 Å². The summed E-state index contributed by atoms with van der Waals surface area (Å²) in [4.78, 5) is 0. The number of hydrogen-bond donors (Lipinski definition) is 0. The lowest BCUT2D eigenvalue weighted by atomic mass is 9.99. The standard InChI is InChI=1S/C38H22N4/c39-23-25-9-6-12-28(21-25)42-36-20-19-26(24-40)22-34(36)33-17-8-16-32(38(33)42)31-15-7-14-30-29-13-4-5-18-35(29)41(37(30)31)27-10-2-1-3-11-27/h1-22H. The van der Waals surface area contributed by atoms with Gasteiger partial charge < -0.3 is 9.13 Å². The molecule has 0 radical (unpaired) electrons. The molecule has 0 bridgehead atoms. The van der Waals surface area contributed by atoms with E-state index >= 15 is 0 Å². The SMILES string of the molecule is N#Cc1cccc(-n2c3ccc(C#N)cc3c3cccc(-c4cccc5c6ccccc6n(-c6ccccc6)c45)c32)c1. The molecule has 6 aromatic carbocycles. The fraction of sp³-hybridized carbons (Fsp3) is 0. The van der Waals surface area contributed by atoms with E-state index in [0.29, 0.717) is 11.1 Å². The summed E-state index contributed by atoms with van der Waals surface area (Å²) in [5, 5.41) is 23.9. The van der Waals surface area contributed by atoms with E-state index < -0.39 is 0 Å². The van der Waals surface area contributed by atoms with E-state index in [4.69, 9.17) is 0 Å². The summed E-state index contributed by atoms with van der Waals surface area (Å²) in [7, 11) is 0. The van der Waals surface area contributed by atoms with Crippen LogP contribution in [0.15, 0.2) is 133 Å². The summed E-state index contributed by atoms with van der Waals surface area (Å²) < 4.78 is 4.59. The van der Waals surface area contributed by atoms with Crippen molar-refractivity contribution in [2.45, 2.75) is 0 Å². The van der Waals surface area contributed by atoms with Gasteiger partial charge in [-0.05, 0) is 54.6 Å². The smallest absolute Gasteiger partial charge is 0.0992 e. The summed E-state index contributed by atoms with van der Waals surface area (Å²) in [5.41, 5.74) is 9.72. The monoisotopic (exact) mass is 534 g/mol. The number of nitrogens with zero attached hydrogens (tertiary/aromatic N) is 4. The van der Waals surface area contributed by atoms with Crippen molar-refractivity contribution in [3.63, 3.8) is 0 Å². The number of nitriles is 2. The van der Waals surface area contributed by atoms with Crippen LogP contribution in [0.3, 0.4) is 0 Å². The van der Waals surface area contributed by atoms with E-state index in [1.54, 1.807) is 0 Å². The minimum Gasteiger partial charge on any atom is -0.309 e. The molecule has 0 N–H and O–H groups in total. The molecule has 194 valence electrons. The molecule has 0 amide bonds. The van der Waals surface area contributed by atoms with Crippen molar-refractivity contribution in [1.29, 1.82) is 10.5 Å². The van der Waals surface area contributed by atoms with Gasteiger partial charge in [0.1, 0.15) is 0 Å². The van der Waals surface area contributed by atoms with Crippen LogP contribution in [0.2, 0.25) is 0 Å². The molecule has 0 spiro atoms. The maximum atomic E-state index is 9.72. The van der Waals surface area contributed by atoms with Gasteiger partial charge in [0, 0.05) is 44.0 Å². The Labute approximate surface area is 242 Å². The van der Waals surface area contributed by atoms with Crippen LogP contribution >= 0.6 is 0 Å². The second-order valence-corrected chi connectivity index (χ2v) is 10.4. The molecule has 0 unspecified atom stereocenters. The largest absolute Gasteiger partial charge is 0.309 e. The van der Waals surface area contributed by atoms with Crippen LogP contribution in [0.5, 0.6) is 0 Å². The van der Waals surface area contributed by atoms with Gasteiger partial charge in [-0.1, -0.05) is 78.9 Å². The van der Waals surface area contributed by atoms with Crippen molar-refractivity contribution >= 4 is 43.6 Å². The van der Waals surface area contributed by atoms with Crippen molar-refractivity contribution < 1.29 is 0 Å². The molecule has 2 aromatic heterocycles. The number of rotatable bonds is 3. The second-order valence-electron chi connectivity index (χ2n) is 10.4. The van der Waals surface area contributed by atoms with Crippen LogP contribution in [0, 0.1) is 22.7 Å². The Bertz CT molecular complexity index is 2430. The summed E-state index contributed by atoms with van der Waals surface area (Å²) >= 11 is 0. The van der Waals surface area contributed by atoms with Crippen LogP contribution in [0.25, 0.3) is 66.1 Å². The molecule has 42 heavy (non-hydrogen) atoms. The summed E-state index contributed by atoms with van der Waals surface area (Å²) in [6.07, 6.45) is 0. The van der Waals surface area contributed by atoms with Crippen molar-refractivity contribution in [3.8, 4) is 34.6 Å². The molecule has 0 saturated carbocycles. The fourth-order valence-electron chi connectivity index (χ4n) is 6.42. The van der Waals surface area contributed by atoms with Crippen LogP contribution in [0.4, 0.5) is 0 Å². The molecule has 2 heterocycles. The Hall–Kier alpha value is -6.10. The molecule has 0 aliphatic rings. The molecule has 0 aliphatic carbocycles. The molecule has 0 aliphatic heterocycles. The maximum Gasteiger partial charge on any atom is 0.0992 e. The van der Waals surface area contributed by atoms with Crippen LogP contribution < -0.4 is 0 Å². The lowest BCUT2D eigenvalue weighted by Crippen LogP contribution is -1.98. The summed E-state index contributed by atoms with van der Waals surface area (Å²) in [6, 6.07) is 50.1. The Kier molecular flexibility index (Phi) is 5.22. The van der Waals surface area contributed by atoms with Crippen molar-refractivity contribution in [3.05, 3.63) is 145 Å². The minimum absolute atomic E-state index is 0.597. The first kappa shape index (κ1) is 23.8. The lowest BCUT2D eigenvalue weighted by molar-refractivity contribution is 1.17. The average Bonchev–Trinajstić information content (AvgIpc) is 3.58. The first-order valence-electron chi connectivity index (χ1n) is 13.8. The third-order valence-corrected chi connectivity index (χ3v) is 8.15. The number of aromatic nitrogens is 2. The van der Waals surface area contributed by atoms with Crippen LogP contribution in [-0.2, 0) is 0 Å². The van der Waals surface area contributed by atoms with Crippen molar-refractivity contribution in [1.82, 2.24) is 9.13 Å². The zero-order valence-electron chi connectivity index (χ0n) is 22.5. The van der Waals surface area contributed by atoms with E-state index in [1.807, 2.05) is 48.5 Å². The third kappa shape index (κ3) is 3.40. The fourth-order valence-corrected chi connectivity index (χ4v) is 6.42. The number of para-hydroxylation sites is 4. The normalized spacial score (nSPS) is 11.3. The molecule has 0 saturated heterocycles. The van der Waals surface area contributed by atoms with Gasteiger partial charge in [-0.25, -0.2) is 0 Å². The number of fused-ring (bicyclic) bond motifs is 6. The van der Waals surface area contributed by atoms with Gasteiger partial charge in [0.05, 0.1) is 45.3 Å². The van der Waals surface area contributed by atoms with Crippen molar-refractivity contribution in [2.75, 3.05) is 0 Å². The first-order chi connectivity index (χ1) is 20.8. The Morgan fingerprint density at radius 3 is 1.69 bits per heavy atom. The topological polar surface area (TPSA) is 57.4 Å². The quantitative estimate of drug-likeness (QED) is 0.227. The lowest BCUT2D eigenvalue weighted by Gasteiger charge is -2.15. The molecular formula is C38H22N4. The molecule has 0 fully saturated rings. The third-order valence-electron chi connectivity index (χ3n) is 8.15. The highest BCUT2D eigenvalue weighted by molar-refractivity contribution is 6.19. The van der Waals surface area contributed by atoms with Gasteiger partial charge in [0.2, 0.25) is 0 Å². The van der Waals surface area contributed by atoms with Crippen molar-refractivity contribution in [2.24, 2.45) is 0 Å². The van der Waals surface area contributed by atoms with Gasteiger partial charge in [0.15, 0.2) is 0 Å². The molecular weight excluding hydrogens is 512 g/mol. The summed E-state index contributed by atoms with van der Waals surface area (Å²) in [5.74, 6) is 0. The van der Waals surface area contributed by atoms with Gasteiger partial charge in [-0.15, -0.1) is 0 Å². The molecule has 8 rings (SSSR count). The Balaban J connectivity index is 1.57. The predicted octanol–water partition coefficient (Wildman–Crippen LogP) is 9.29. The maximum absolute atomic E-state index is 9.72. The highest BCUT2D eigenvalue weighted by Gasteiger charge is 2.21. The highest BCUT2D eigenvalue weighted by atomic mass is 15.0. The van der Waals surface area contributed by atoms with E-state index in [0.717, 1.165) is 55.3 Å². The van der Waals surface area contributed by atoms with E-state index in [9.17, 15) is 10.5 Å². The van der Waals surface area contributed by atoms with E-state index in [1.165, 1.54) is 10.8 Å². The van der Waals surface area contributed by atoms with E-state index in [2.05, 4.69) is 106 Å². The van der Waals surface area contributed by atoms with Gasteiger partial charge in [-0.3, -0.25) is 0 Å². The van der Waals surface area contributed by atoms with Gasteiger partial charge >= 0.3 is 0 Å². The number of hydrogen-bond acceptors (Lipinski definition) is 2. The second kappa shape index (κ2) is 9.24. The molecule has 8 aromatic rings. The zero-order chi connectivity index (χ0) is 28.2. The predicted molar refractivity (Wildman–Crippen MR) is 170 cm³/mol. The Morgan fingerprint density at radius 1 is 0.405 bits per heavy atom.